The number of nitrogens with zero attached hydrogens (tertiary/aromatic N) is 2. The van der Waals surface area contributed by atoms with Gasteiger partial charge in [-0.25, -0.2) is 0 Å². The molecule has 4 nitrogen and oxygen atoms in total. The fourth-order valence-electron chi connectivity index (χ4n) is 0.624. The zero-order valence-electron chi connectivity index (χ0n) is 6.45. The summed E-state index contributed by atoms with van der Waals surface area (Å²) >= 11 is 1.23. The van der Waals surface area contributed by atoms with E-state index >= 15 is 0 Å². The molecular weight excluding hydrogens is 160 g/mol. The third-order valence-corrected chi connectivity index (χ3v) is 1.91. The first-order chi connectivity index (χ1) is 5.33. The van der Waals surface area contributed by atoms with Gasteiger partial charge in [-0.1, -0.05) is 0 Å². The van der Waals surface area contributed by atoms with Crippen molar-refractivity contribution in [2.75, 3.05) is 6.54 Å². The lowest BCUT2D eigenvalue weighted by Crippen LogP contribution is -2.32. The van der Waals surface area contributed by atoms with Gasteiger partial charge in [-0.15, -0.1) is 0 Å². The third-order valence-electron chi connectivity index (χ3n) is 1.39. The molecular formula is C6H12N4S. The van der Waals surface area contributed by atoms with Gasteiger partial charge in [-0.3, -0.25) is 0 Å². The molecule has 1 aromatic heterocycles. The SMILES string of the molecule is CC(CN)NCc1cnsn1. The van der Waals surface area contributed by atoms with Crippen molar-refractivity contribution in [3.8, 4) is 0 Å². The number of nitrogens with one attached hydrogen (secondary N) is 1. The standard InChI is InChI=1S/C6H12N4S/c1-5(2-7)8-3-6-4-9-11-10-6/h4-5,8H,2-3,7H2,1H3. The van der Waals surface area contributed by atoms with Crippen molar-refractivity contribution < 1.29 is 0 Å². The van der Waals surface area contributed by atoms with Crippen LogP contribution in [0.1, 0.15) is 12.6 Å². The zero-order valence-corrected chi connectivity index (χ0v) is 7.27. The van der Waals surface area contributed by atoms with E-state index in [1.165, 1.54) is 11.7 Å². The molecule has 0 bridgehead atoms. The first kappa shape index (κ1) is 8.58. The van der Waals surface area contributed by atoms with Crippen LogP contribution in [0.15, 0.2) is 6.20 Å². The van der Waals surface area contributed by atoms with E-state index in [1.54, 1.807) is 6.20 Å². The second-order valence-corrected chi connectivity index (χ2v) is 2.97. The minimum absolute atomic E-state index is 0.344. The molecule has 0 saturated heterocycles. The molecule has 1 aromatic rings. The highest BCUT2D eigenvalue weighted by atomic mass is 32.1. The average Bonchev–Trinajstić information content (AvgIpc) is 2.52. The Morgan fingerprint density at radius 1 is 1.82 bits per heavy atom. The Balaban J connectivity index is 2.23. The molecule has 0 aliphatic carbocycles. The summed E-state index contributed by atoms with van der Waals surface area (Å²) in [6, 6.07) is 0.344. The summed E-state index contributed by atoms with van der Waals surface area (Å²) in [5.41, 5.74) is 6.40. The molecule has 11 heavy (non-hydrogen) atoms. The van der Waals surface area contributed by atoms with E-state index in [2.05, 4.69) is 14.1 Å². The zero-order chi connectivity index (χ0) is 8.10. The van der Waals surface area contributed by atoms with Crippen LogP contribution in [0.4, 0.5) is 0 Å². The molecule has 0 amide bonds. The Kier molecular flexibility index (Phi) is 3.41. The molecule has 1 unspecified atom stereocenters. The van der Waals surface area contributed by atoms with Gasteiger partial charge in [0.2, 0.25) is 0 Å². The van der Waals surface area contributed by atoms with Crippen LogP contribution in [0.2, 0.25) is 0 Å². The van der Waals surface area contributed by atoms with Gasteiger partial charge in [0.1, 0.15) is 0 Å². The lowest BCUT2D eigenvalue weighted by Gasteiger charge is -2.08. The van der Waals surface area contributed by atoms with Gasteiger partial charge < -0.3 is 11.1 Å². The van der Waals surface area contributed by atoms with Gasteiger partial charge in [0.15, 0.2) is 0 Å². The van der Waals surface area contributed by atoms with E-state index in [-0.39, 0.29) is 0 Å². The number of rotatable bonds is 4. The van der Waals surface area contributed by atoms with Crippen molar-refractivity contribution in [2.45, 2.75) is 19.5 Å². The van der Waals surface area contributed by atoms with E-state index in [0.717, 1.165) is 12.2 Å². The van der Waals surface area contributed by atoms with Crippen molar-refractivity contribution >= 4 is 11.7 Å². The molecule has 62 valence electrons. The van der Waals surface area contributed by atoms with E-state index in [4.69, 9.17) is 5.73 Å². The van der Waals surface area contributed by atoms with Gasteiger partial charge in [-0.05, 0) is 6.92 Å². The van der Waals surface area contributed by atoms with Crippen LogP contribution in [-0.4, -0.2) is 21.3 Å². The second kappa shape index (κ2) is 4.38. The maximum Gasteiger partial charge on any atom is 0.0880 e. The van der Waals surface area contributed by atoms with Crippen LogP contribution >= 0.6 is 11.7 Å². The third kappa shape index (κ3) is 2.92. The van der Waals surface area contributed by atoms with E-state index in [0.29, 0.717) is 12.6 Å². The molecule has 0 spiro atoms. The molecule has 5 heteroatoms. The van der Waals surface area contributed by atoms with E-state index in [1.807, 2.05) is 6.92 Å². The fraction of sp³-hybridized carbons (Fsp3) is 0.667. The molecule has 3 N–H and O–H groups in total. The number of hydrogen-bond acceptors (Lipinski definition) is 5. The molecule has 0 aromatic carbocycles. The van der Waals surface area contributed by atoms with Crippen LogP contribution < -0.4 is 11.1 Å². The minimum Gasteiger partial charge on any atom is -0.329 e. The Bertz CT molecular complexity index is 186. The van der Waals surface area contributed by atoms with Crippen molar-refractivity contribution in [3.05, 3.63) is 11.9 Å². The summed E-state index contributed by atoms with van der Waals surface area (Å²) in [6.45, 7) is 3.45. The molecule has 1 rings (SSSR count). The van der Waals surface area contributed by atoms with E-state index in [9.17, 15) is 0 Å². The predicted octanol–water partition coefficient (Wildman–Crippen LogP) is -0.0251. The normalized spacial score (nSPS) is 13.3. The average molecular weight is 172 g/mol. The highest BCUT2D eigenvalue weighted by Crippen LogP contribution is 1.94. The topological polar surface area (TPSA) is 63.8 Å². The maximum absolute atomic E-state index is 5.42. The first-order valence-corrected chi connectivity index (χ1v) is 4.26. The second-order valence-electron chi connectivity index (χ2n) is 2.42. The predicted molar refractivity (Wildman–Crippen MR) is 45.3 cm³/mol. The number of nitrogens with two attached hydrogens (primary N) is 1. The molecule has 0 aliphatic heterocycles. The smallest absolute Gasteiger partial charge is 0.0880 e. The van der Waals surface area contributed by atoms with Crippen LogP contribution in [0, 0.1) is 0 Å². The lowest BCUT2D eigenvalue weighted by atomic mass is 10.3. The molecule has 1 atom stereocenters. The summed E-state index contributed by atoms with van der Waals surface area (Å²) in [7, 11) is 0. The van der Waals surface area contributed by atoms with Crippen molar-refractivity contribution in [1.29, 1.82) is 0 Å². The molecule has 0 fully saturated rings. The Labute approximate surface area is 70.1 Å². The summed E-state index contributed by atoms with van der Waals surface area (Å²) < 4.78 is 7.93. The van der Waals surface area contributed by atoms with Crippen molar-refractivity contribution in [1.82, 2.24) is 14.1 Å². The Hall–Kier alpha value is -0.520. The Morgan fingerprint density at radius 2 is 2.64 bits per heavy atom. The largest absolute Gasteiger partial charge is 0.329 e. The van der Waals surface area contributed by atoms with Crippen molar-refractivity contribution in [3.63, 3.8) is 0 Å². The first-order valence-electron chi connectivity index (χ1n) is 3.53. The van der Waals surface area contributed by atoms with Crippen LogP contribution in [0.5, 0.6) is 0 Å². The Morgan fingerprint density at radius 3 is 3.18 bits per heavy atom. The molecule has 0 radical (unpaired) electrons. The van der Waals surface area contributed by atoms with Crippen LogP contribution in [0.3, 0.4) is 0 Å². The van der Waals surface area contributed by atoms with Gasteiger partial charge in [0, 0.05) is 19.1 Å². The highest BCUT2D eigenvalue weighted by Gasteiger charge is 1.99. The summed E-state index contributed by atoms with van der Waals surface area (Å²) in [5.74, 6) is 0. The van der Waals surface area contributed by atoms with Crippen LogP contribution in [0.25, 0.3) is 0 Å². The maximum atomic E-state index is 5.42. The van der Waals surface area contributed by atoms with Crippen molar-refractivity contribution in [2.24, 2.45) is 5.73 Å². The quantitative estimate of drug-likeness (QED) is 0.669. The van der Waals surface area contributed by atoms with Gasteiger partial charge in [0.05, 0.1) is 23.6 Å². The van der Waals surface area contributed by atoms with E-state index < -0.39 is 0 Å². The van der Waals surface area contributed by atoms with Crippen LogP contribution in [-0.2, 0) is 6.54 Å². The van der Waals surface area contributed by atoms with Gasteiger partial charge in [-0.2, -0.15) is 8.75 Å². The highest BCUT2D eigenvalue weighted by molar-refractivity contribution is 6.99. The number of hydrogen-bond donors (Lipinski definition) is 2. The van der Waals surface area contributed by atoms with Gasteiger partial charge >= 0.3 is 0 Å². The molecule has 0 aliphatic rings. The minimum atomic E-state index is 0.344. The summed E-state index contributed by atoms with van der Waals surface area (Å²) in [6.07, 6.45) is 1.76. The fourth-order valence-corrected chi connectivity index (χ4v) is 1.06. The number of aromatic nitrogens is 2. The summed E-state index contributed by atoms with van der Waals surface area (Å²) in [5, 5.41) is 3.21. The molecule has 0 saturated carbocycles. The molecule has 1 heterocycles. The lowest BCUT2D eigenvalue weighted by molar-refractivity contribution is 0.552. The summed E-state index contributed by atoms with van der Waals surface area (Å²) in [4.78, 5) is 0. The monoisotopic (exact) mass is 172 g/mol. The van der Waals surface area contributed by atoms with Gasteiger partial charge in [0.25, 0.3) is 0 Å².